The van der Waals surface area contributed by atoms with E-state index in [1.165, 1.54) is 5.69 Å². The van der Waals surface area contributed by atoms with Crippen molar-refractivity contribution in [2.24, 2.45) is 0 Å². The molecule has 0 bridgehead atoms. The Morgan fingerprint density at radius 1 is 1.50 bits per heavy atom. The van der Waals surface area contributed by atoms with Crippen molar-refractivity contribution < 1.29 is 0 Å². The lowest BCUT2D eigenvalue weighted by atomic mass is 10.1. The van der Waals surface area contributed by atoms with Gasteiger partial charge in [0.05, 0.1) is 5.69 Å². The lowest BCUT2D eigenvalue weighted by molar-refractivity contribution is 0.836. The van der Waals surface area contributed by atoms with Crippen molar-refractivity contribution in [2.75, 3.05) is 12.4 Å². The Morgan fingerprint density at radius 2 is 2.21 bits per heavy atom. The van der Waals surface area contributed by atoms with E-state index in [4.69, 9.17) is 0 Å². The van der Waals surface area contributed by atoms with Gasteiger partial charge in [-0.1, -0.05) is 13.8 Å². The van der Waals surface area contributed by atoms with Gasteiger partial charge in [-0.25, -0.2) is 4.98 Å². The van der Waals surface area contributed by atoms with Crippen LogP contribution in [0.2, 0.25) is 0 Å². The molecule has 0 spiro atoms. The molecule has 0 aliphatic rings. The molecule has 2 rings (SSSR count). The number of nitrogens with one attached hydrogen (secondary N) is 1. The first-order chi connectivity index (χ1) is 6.65. The van der Waals surface area contributed by atoms with Crippen LogP contribution in [0.1, 0.15) is 31.2 Å². The number of aryl methyl sites for hydroxylation is 1. The predicted octanol–water partition coefficient (Wildman–Crippen LogP) is 2.87. The number of anilines is 1. The zero-order valence-electron chi connectivity index (χ0n) is 8.96. The van der Waals surface area contributed by atoms with Crippen LogP contribution in [0.25, 0.3) is 4.96 Å². The van der Waals surface area contributed by atoms with Gasteiger partial charge in [0.2, 0.25) is 0 Å². The fourth-order valence-electron chi connectivity index (χ4n) is 1.66. The molecule has 3 nitrogen and oxygen atoms in total. The summed E-state index contributed by atoms with van der Waals surface area (Å²) in [6, 6.07) is 0. The Bertz CT molecular complexity index is 453. The van der Waals surface area contributed by atoms with E-state index < -0.39 is 0 Å². The van der Waals surface area contributed by atoms with Gasteiger partial charge in [-0.2, -0.15) is 0 Å². The quantitative estimate of drug-likeness (QED) is 0.824. The molecule has 76 valence electrons. The van der Waals surface area contributed by atoms with E-state index in [1.54, 1.807) is 11.3 Å². The molecule has 0 saturated heterocycles. The monoisotopic (exact) mass is 209 g/mol. The zero-order chi connectivity index (χ0) is 10.3. The molecule has 14 heavy (non-hydrogen) atoms. The topological polar surface area (TPSA) is 29.3 Å². The number of rotatable bonds is 2. The van der Waals surface area contributed by atoms with E-state index in [-0.39, 0.29) is 0 Å². The van der Waals surface area contributed by atoms with E-state index in [1.807, 2.05) is 7.05 Å². The fourth-order valence-corrected chi connectivity index (χ4v) is 2.53. The average molecular weight is 209 g/mol. The number of imidazole rings is 1. The van der Waals surface area contributed by atoms with E-state index in [0.717, 1.165) is 16.5 Å². The number of thiazole rings is 1. The van der Waals surface area contributed by atoms with E-state index in [0.29, 0.717) is 5.92 Å². The largest absolute Gasteiger partial charge is 0.373 e. The van der Waals surface area contributed by atoms with Gasteiger partial charge in [0.1, 0.15) is 5.82 Å². The average Bonchev–Trinajstić information content (AvgIpc) is 2.66. The summed E-state index contributed by atoms with van der Waals surface area (Å²) in [6.07, 6.45) is 0. The number of hydrogen-bond donors (Lipinski definition) is 1. The number of hydrogen-bond acceptors (Lipinski definition) is 3. The van der Waals surface area contributed by atoms with Crippen LogP contribution in [0.15, 0.2) is 5.38 Å². The summed E-state index contributed by atoms with van der Waals surface area (Å²) in [6.45, 7) is 6.45. The second-order valence-corrected chi connectivity index (χ2v) is 4.58. The third-order valence-corrected chi connectivity index (χ3v) is 3.29. The normalized spacial score (nSPS) is 11.5. The minimum absolute atomic E-state index is 0.462. The van der Waals surface area contributed by atoms with Crippen molar-refractivity contribution in [3.05, 3.63) is 16.8 Å². The van der Waals surface area contributed by atoms with E-state index in [2.05, 4.69) is 40.9 Å². The minimum Gasteiger partial charge on any atom is -0.373 e. The molecule has 2 aromatic rings. The SMILES string of the molecule is CNc1c(C(C)C)nc2scc(C)n12. The molecule has 0 fully saturated rings. The van der Waals surface area contributed by atoms with Gasteiger partial charge < -0.3 is 5.32 Å². The first-order valence-electron chi connectivity index (χ1n) is 4.79. The highest BCUT2D eigenvalue weighted by Gasteiger charge is 2.15. The van der Waals surface area contributed by atoms with Gasteiger partial charge in [-0.05, 0) is 12.8 Å². The summed E-state index contributed by atoms with van der Waals surface area (Å²) in [5.74, 6) is 1.60. The zero-order valence-corrected chi connectivity index (χ0v) is 9.77. The van der Waals surface area contributed by atoms with Crippen molar-refractivity contribution in [1.82, 2.24) is 9.38 Å². The minimum atomic E-state index is 0.462. The molecule has 2 heterocycles. The second-order valence-electron chi connectivity index (χ2n) is 3.75. The number of fused-ring (bicyclic) bond motifs is 1. The summed E-state index contributed by atoms with van der Waals surface area (Å²) in [5.41, 5.74) is 2.40. The Morgan fingerprint density at radius 3 is 2.79 bits per heavy atom. The first kappa shape index (κ1) is 9.52. The smallest absolute Gasteiger partial charge is 0.195 e. The van der Waals surface area contributed by atoms with Crippen LogP contribution in [-0.2, 0) is 0 Å². The van der Waals surface area contributed by atoms with Gasteiger partial charge >= 0.3 is 0 Å². The van der Waals surface area contributed by atoms with Crippen LogP contribution >= 0.6 is 11.3 Å². The van der Waals surface area contributed by atoms with Crippen LogP contribution in [0.3, 0.4) is 0 Å². The molecule has 0 aliphatic heterocycles. The Labute approximate surface area is 87.8 Å². The maximum absolute atomic E-state index is 4.62. The summed E-state index contributed by atoms with van der Waals surface area (Å²) < 4.78 is 2.18. The third kappa shape index (κ3) is 1.21. The van der Waals surface area contributed by atoms with Gasteiger partial charge in [0, 0.05) is 18.1 Å². The Kier molecular flexibility index (Phi) is 2.23. The van der Waals surface area contributed by atoms with Crippen molar-refractivity contribution >= 4 is 22.1 Å². The van der Waals surface area contributed by atoms with E-state index >= 15 is 0 Å². The second kappa shape index (κ2) is 3.28. The lowest BCUT2D eigenvalue weighted by Crippen LogP contribution is -1.99. The highest BCUT2D eigenvalue weighted by atomic mass is 32.1. The van der Waals surface area contributed by atoms with E-state index in [9.17, 15) is 0 Å². The third-order valence-electron chi connectivity index (χ3n) is 2.34. The molecule has 0 aliphatic carbocycles. The molecule has 0 saturated carbocycles. The van der Waals surface area contributed by atoms with Crippen LogP contribution in [0.5, 0.6) is 0 Å². The Hall–Kier alpha value is -1.03. The molecule has 4 heteroatoms. The Balaban J connectivity index is 2.74. The highest BCUT2D eigenvalue weighted by molar-refractivity contribution is 7.15. The lowest BCUT2D eigenvalue weighted by Gasteiger charge is -2.05. The summed E-state index contributed by atoms with van der Waals surface area (Å²) in [7, 11) is 1.95. The maximum atomic E-state index is 4.62. The molecule has 0 aromatic carbocycles. The summed E-state index contributed by atoms with van der Waals surface area (Å²) in [4.78, 5) is 5.70. The molecule has 0 unspecified atom stereocenters. The van der Waals surface area contributed by atoms with Crippen LogP contribution in [0.4, 0.5) is 5.82 Å². The van der Waals surface area contributed by atoms with Gasteiger partial charge in [-0.3, -0.25) is 4.40 Å². The predicted molar refractivity (Wildman–Crippen MR) is 61.4 cm³/mol. The number of nitrogens with zero attached hydrogens (tertiary/aromatic N) is 2. The summed E-state index contributed by atoms with van der Waals surface area (Å²) >= 11 is 1.69. The molecule has 0 amide bonds. The molecular formula is C10H15N3S. The van der Waals surface area contributed by atoms with Crippen molar-refractivity contribution in [3.8, 4) is 0 Å². The fraction of sp³-hybridized carbons (Fsp3) is 0.500. The molecule has 2 aromatic heterocycles. The van der Waals surface area contributed by atoms with Crippen LogP contribution in [-0.4, -0.2) is 16.4 Å². The van der Waals surface area contributed by atoms with Crippen LogP contribution < -0.4 is 5.32 Å². The van der Waals surface area contributed by atoms with Gasteiger partial charge in [-0.15, -0.1) is 11.3 Å². The van der Waals surface area contributed by atoms with Crippen molar-refractivity contribution in [2.45, 2.75) is 26.7 Å². The molecular weight excluding hydrogens is 194 g/mol. The standard InChI is InChI=1S/C10H15N3S/c1-6(2)8-9(11-4)13-7(3)5-14-10(13)12-8/h5-6,11H,1-4H3. The van der Waals surface area contributed by atoms with Gasteiger partial charge in [0.15, 0.2) is 4.96 Å². The summed E-state index contributed by atoms with van der Waals surface area (Å²) in [5, 5.41) is 5.37. The van der Waals surface area contributed by atoms with Gasteiger partial charge in [0.25, 0.3) is 0 Å². The molecule has 1 N–H and O–H groups in total. The van der Waals surface area contributed by atoms with Crippen LogP contribution in [0, 0.1) is 6.92 Å². The van der Waals surface area contributed by atoms with Crippen molar-refractivity contribution in [3.63, 3.8) is 0 Å². The first-order valence-corrected chi connectivity index (χ1v) is 5.67. The molecule has 0 radical (unpaired) electrons. The highest BCUT2D eigenvalue weighted by Crippen LogP contribution is 2.28. The number of aromatic nitrogens is 2. The van der Waals surface area contributed by atoms with Crippen molar-refractivity contribution in [1.29, 1.82) is 0 Å². The maximum Gasteiger partial charge on any atom is 0.195 e. The molecule has 0 atom stereocenters.